The first-order valence-corrected chi connectivity index (χ1v) is 15.9. The van der Waals surface area contributed by atoms with Crippen molar-refractivity contribution in [1.82, 2.24) is 23.9 Å². The summed E-state index contributed by atoms with van der Waals surface area (Å²) in [5.41, 5.74) is 1.08. The van der Waals surface area contributed by atoms with Crippen molar-refractivity contribution in [3.63, 3.8) is 0 Å². The van der Waals surface area contributed by atoms with E-state index in [0.717, 1.165) is 11.1 Å². The van der Waals surface area contributed by atoms with E-state index in [9.17, 15) is 21.9 Å². The van der Waals surface area contributed by atoms with E-state index in [-0.39, 0.29) is 48.3 Å². The van der Waals surface area contributed by atoms with Crippen LogP contribution in [0.3, 0.4) is 0 Å². The SMILES string of the molecule is CN1CC(O)CNS(=O)(=O)c2ccc(-c3cccnc3)cc2OCC2(CCN(S(=O)(=O)c3cccnc3)CC2)C1. The molecule has 3 aromatic rings. The van der Waals surface area contributed by atoms with Crippen molar-refractivity contribution >= 4 is 20.0 Å². The first kappa shape index (κ1) is 28.6. The molecule has 1 aromatic carbocycles. The van der Waals surface area contributed by atoms with Gasteiger partial charge in [0.1, 0.15) is 15.5 Å². The Hall–Kier alpha value is -2.94. The summed E-state index contributed by atoms with van der Waals surface area (Å²) < 4.78 is 63.2. The highest BCUT2D eigenvalue weighted by Gasteiger charge is 2.41. The van der Waals surface area contributed by atoms with Crippen LogP contribution in [0.25, 0.3) is 11.1 Å². The highest BCUT2D eigenvalue weighted by molar-refractivity contribution is 7.89. The molecule has 214 valence electrons. The van der Waals surface area contributed by atoms with Gasteiger partial charge in [-0.15, -0.1) is 0 Å². The van der Waals surface area contributed by atoms with Gasteiger partial charge < -0.3 is 14.7 Å². The summed E-state index contributed by atoms with van der Waals surface area (Å²) in [7, 11) is -5.82. The Morgan fingerprint density at radius 1 is 1.05 bits per heavy atom. The Bertz CT molecular complexity index is 1530. The molecule has 1 atom stereocenters. The van der Waals surface area contributed by atoms with E-state index in [2.05, 4.69) is 14.7 Å². The van der Waals surface area contributed by atoms with E-state index in [0.29, 0.717) is 19.4 Å². The van der Waals surface area contributed by atoms with E-state index >= 15 is 0 Å². The van der Waals surface area contributed by atoms with E-state index in [1.54, 1.807) is 36.7 Å². The fourth-order valence-corrected chi connectivity index (χ4v) is 7.93. The fourth-order valence-electron chi connectivity index (χ4n) is 5.33. The molecule has 1 saturated heterocycles. The monoisotopic (exact) mass is 587 g/mol. The molecule has 4 heterocycles. The molecule has 13 heteroatoms. The predicted octanol–water partition coefficient (Wildman–Crippen LogP) is 1.58. The smallest absolute Gasteiger partial charge is 0.244 e. The molecule has 2 aliphatic rings. The van der Waals surface area contributed by atoms with Gasteiger partial charge in [-0.1, -0.05) is 12.1 Å². The topological polar surface area (TPSA) is 142 Å². The standard InChI is InChI=1S/C27H33N5O6S2/c1-31-18-23(33)16-30-39(34,35)26-7-6-21(22-4-2-10-28-15-22)14-25(26)38-20-27(19-31)8-12-32(13-9-27)40(36,37)24-5-3-11-29-17-24/h2-7,10-11,14-15,17,23,30,33H,8-9,12-13,16,18-20H2,1H3. The molecule has 2 N–H and O–H groups in total. The second-order valence-corrected chi connectivity index (χ2v) is 14.2. The van der Waals surface area contributed by atoms with Crippen LogP contribution < -0.4 is 9.46 Å². The first-order valence-electron chi connectivity index (χ1n) is 13.0. The molecule has 1 spiro atoms. The molecule has 1 unspecified atom stereocenters. The minimum atomic E-state index is -3.98. The largest absolute Gasteiger partial charge is 0.492 e. The van der Waals surface area contributed by atoms with Gasteiger partial charge >= 0.3 is 0 Å². The zero-order valence-corrected chi connectivity index (χ0v) is 23.8. The van der Waals surface area contributed by atoms with Crippen LogP contribution in [-0.4, -0.2) is 93.6 Å². The lowest BCUT2D eigenvalue weighted by molar-refractivity contribution is 0.0318. The highest BCUT2D eigenvalue weighted by Crippen LogP contribution is 2.37. The van der Waals surface area contributed by atoms with E-state index in [1.165, 1.54) is 28.8 Å². The maximum absolute atomic E-state index is 13.2. The Kier molecular flexibility index (Phi) is 8.22. The second-order valence-electron chi connectivity index (χ2n) is 10.5. The van der Waals surface area contributed by atoms with Crippen molar-refractivity contribution < 1.29 is 26.7 Å². The molecule has 2 aliphatic heterocycles. The summed E-state index contributed by atoms with van der Waals surface area (Å²) in [6.07, 6.45) is 6.29. The molecule has 1 fully saturated rings. The summed E-state index contributed by atoms with van der Waals surface area (Å²) in [4.78, 5) is 10.2. The Labute approximate surface area is 234 Å². The van der Waals surface area contributed by atoms with Gasteiger partial charge in [0.15, 0.2) is 0 Å². The number of nitrogens with one attached hydrogen (secondary N) is 1. The van der Waals surface area contributed by atoms with E-state index < -0.39 is 31.6 Å². The molecular weight excluding hydrogens is 554 g/mol. The molecule has 40 heavy (non-hydrogen) atoms. The number of hydrogen-bond acceptors (Lipinski definition) is 9. The van der Waals surface area contributed by atoms with Gasteiger partial charge in [0.05, 0.1) is 12.7 Å². The van der Waals surface area contributed by atoms with E-state index in [4.69, 9.17) is 4.74 Å². The van der Waals surface area contributed by atoms with E-state index in [1.807, 2.05) is 18.0 Å². The van der Waals surface area contributed by atoms with Crippen LogP contribution in [0.5, 0.6) is 5.75 Å². The number of piperidine rings is 1. The Morgan fingerprint density at radius 3 is 2.45 bits per heavy atom. The third-order valence-electron chi connectivity index (χ3n) is 7.45. The summed E-state index contributed by atoms with van der Waals surface area (Å²) in [6.45, 7) is 1.36. The third kappa shape index (κ3) is 6.19. The maximum Gasteiger partial charge on any atom is 0.244 e. The average molecular weight is 588 g/mol. The lowest BCUT2D eigenvalue weighted by Gasteiger charge is -2.43. The van der Waals surface area contributed by atoms with Crippen LogP contribution in [0.2, 0.25) is 0 Å². The van der Waals surface area contributed by atoms with Gasteiger partial charge in [-0.05, 0) is 55.8 Å². The van der Waals surface area contributed by atoms with Crippen molar-refractivity contribution in [2.45, 2.75) is 28.7 Å². The molecule has 0 saturated carbocycles. The van der Waals surface area contributed by atoms with Crippen LogP contribution in [0.15, 0.2) is 77.0 Å². The number of aromatic nitrogens is 2. The number of β-amino-alcohol motifs (C(OH)–C–C–N with tert-alkyl or cyclic N) is 1. The Balaban J connectivity index is 1.46. The van der Waals surface area contributed by atoms with Crippen molar-refractivity contribution in [2.24, 2.45) is 5.41 Å². The van der Waals surface area contributed by atoms with Crippen molar-refractivity contribution in [2.75, 3.05) is 46.4 Å². The second kappa shape index (κ2) is 11.5. The first-order chi connectivity index (χ1) is 19.1. The van der Waals surface area contributed by atoms with Gasteiger partial charge in [0.25, 0.3) is 0 Å². The molecule has 2 aromatic heterocycles. The van der Waals surface area contributed by atoms with Crippen LogP contribution in [0.1, 0.15) is 12.8 Å². The zero-order chi connectivity index (χ0) is 28.4. The predicted molar refractivity (Wildman–Crippen MR) is 149 cm³/mol. The molecule has 5 rings (SSSR count). The highest BCUT2D eigenvalue weighted by atomic mass is 32.2. The number of pyridine rings is 2. The lowest BCUT2D eigenvalue weighted by Crippen LogP contribution is -2.51. The summed E-state index contributed by atoms with van der Waals surface area (Å²) in [5.74, 6) is 0.191. The number of aliphatic hydroxyl groups is 1. The fraction of sp³-hybridized carbons (Fsp3) is 0.407. The molecular formula is C27H33N5O6S2. The number of rotatable bonds is 3. The van der Waals surface area contributed by atoms with Crippen molar-refractivity contribution in [1.29, 1.82) is 0 Å². The van der Waals surface area contributed by atoms with Crippen LogP contribution in [0, 0.1) is 5.41 Å². The number of ether oxygens (including phenoxy) is 1. The van der Waals surface area contributed by atoms with Crippen LogP contribution >= 0.6 is 0 Å². The normalized spacial score (nSPS) is 22.4. The number of nitrogens with zero attached hydrogens (tertiary/aromatic N) is 4. The number of fused-ring (bicyclic) bond motifs is 1. The van der Waals surface area contributed by atoms with Gasteiger partial charge in [0.2, 0.25) is 20.0 Å². The molecule has 0 aliphatic carbocycles. The minimum absolute atomic E-state index is 0.0204. The number of likely N-dealkylation sites (N-methyl/N-ethyl adjacent to an activating group) is 1. The molecule has 0 amide bonds. The summed E-state index contributed by atoms with van der Waals surface area (Å²) in [5, 5.41) is 10.6. The van der Waals surface area contributed by atoms with Gasteiger partial charge in [-0.25, -0.2) is 21.6 Å². The van der Waals surface area contributed by atoms with Crippen molar-refractivity contribution in [3.8, 4) is 16.9 Å². The molecule has 11 nitrogen and oxygen atoms in total. The summed E-state index contributed by atoms with van der Waals surface area (Å²) >= 11 is 0. The van der Waals surface area contributed by atoms with Gasteiger partial charge in [0, 0.05) is 68.5 Å². The Morgan fingerprint density at radius 2 is 1.77 bits per heavy atom. The van der Waals surface area contributed by atoms with Crippen LogP contribution in [0.4, 0.5) is 0 Å². The summed E-state index contributed by atoms with van der Waals surface area (Å²) in [6, 6.07) is 11.7. The van der Waals surface area contributed by atoms with Crippen LogP contribution in [-0.2, 0) is 20.0 Å². The lowest BCUT2D eigenvalue weighted by atomic mass is 9.79. The third-order valence-corrected chi connectivity index (χ3v) is 10.8. The quantitative estimate of drug-likeness (QED) is 0.467. The molecule has 0 bridgehead atoms. The number of benzene rings is 1. The average Bonchev–Trinajstić information content (AvgIpc) is 2.95. The number of aliphatic hydroxyl groups excluding tert-OH is 1. The van der Waals surface area contributed by atoms with Gasteiger partial charge in [-0.3, -0.25) is 9.97 Å². The van der Waals surface area contributed by atoms with Crippen molar-refractivity contribution in [3.05, 3.63) is 67.3 Å². The number of sulfonamides is 2. The molecule has 0 radical (unpaired) electrons. The minimum Gasteiger partial charge on any atom is -0.492 e. The number of hydrogen-bond donors (Lipinski definition) is 2. The zero-order valence-electron chi connectivity index (χ0n) is 22.2. The maximum atomic E-state index is 13.2. The van der Waals surface area contributed by atoms with Gasteiger partial charge in [-0.2, -0.15) is 4.31 Å².